The third-order valence-corrected chi connectivity index (χ3v) is 3.49. The summed E-state index contributed by atoms with van der Waals surface area (Å²) in [5, 5.41) is 18.1. The van der Waals surface area contributed by atoms with Crippen molar-refractivity contribution in [3.05, 3.63) is 35.9 Å². The van der Waals surface area contributed by atoms with Crippen molar-refractivity contribution in [1.82, 2.24) is 0 Å². The Kier molecular flexibility index (Phi) is 5.55. The van der Waals surface area contributed by atoms with Gasteiger partial charge in [-0.3, -0.25) is 4.79 Å². The van der Waals surface area contributed by atoms with Gasteiger partial charge in [-0.2, -0.15) is 0 Å². The van der Waals surface area contributed by atoms with Crippen LogP contribution in [0.2, 0.25) is 0 Å². The van der Waals surface area contributed by atoms with Gasteiger partial charge in [0.25, 0.3) is 5.97 Å². The maximum absolute atomic E-state index is 10.7. The molecule has 19 heavy (non-hydrogen) atoms. The Morgan fingerprint density at radius 1 is 1.16 bits per heavy atom. The van der Waals surface area contributed by atoms with Crippen LogP contribution < -0.4 is 0 Å². The zero-order valence-electron chi connectivity index (χ0n) is 12.0. The average molecular weight is 264 g/mol. The van der Waals surface area contributed by atoms with Crippen molar-refractivity contribution in [2.24, 2.45) is 11.8 Å². The van der Waals surface area contributed by atoms with Crippen LogP contribution in [-0.2, 0) is 10.4 Å². The van der Waals surface area contributed by atoms with Gasteiger partial charge >= 0.3 is 0 Å². The second-order valence-corrected chi connectivity index (χ2v) is 5.77. The van der Waals surface area contributed by atoms with Gasteiger partial charge in [0.05, 0.1) is 5.60 Å². The van der Waals surface area contributed by atoms with E-state index < -0.39 is 11.6 Å². The van der Waals surface area contributed by atoms with Crippen LogP contribution in [0.3, 0.4) is 0 Å². The monoisotopic (exact) mass is 264 g/mol. The van der Waals surface area contributed by atoms with Crippen LogP contribution >= 0.6 is 0 Å². The fourth-order valence-corrected chi connectivity index (χ4v) is 3.07. The van der Waals surface area contributed by atoms with Crippen molar-refractivity contribution in [2.45, 2.75) is 45.6 Å². The zero-order chi connectivity index (χ0) is 14.5. The van der Waals surface area contributed by atoms with Gasteiger partial charge in [0.2, 0.25) is 0 Å². The lowest BCUT2D eigenvalue weighted by Gasteiger charge is -2.39. The Morgan fingerprint density at radius 2 is 1.58 bits per heavy atom. The van der Waals surface area contributed by atoms with E-state index in [1.165, 1.54) is 6.42 Å². The number of aliphatic hydroxyl groups is 1. The van der Waals surface area contributed by atoms with Crippen molar-refractivity contribution in [1.29, 1.82) is 0 Å². The van der Waals surface area contributed by atoms with E-state index in [0.717, 1.165) is 25.3 Å². The van der Waals surface area contributed by atoms with E-state index in [2.05, 4.69) is 13.8 Å². The molecule has 2 rings (SSSR count). The van der Waals surface area contributed by atoms with E-state index in [-0.39, 0.29) is 0 Å². The molecule has 0 saturated heterocycles. The van der Waals surface area contributed by atoms with E-state index in [4.69, 9.17) is 9.90 Å². The fraction of sp³-hybridized carbons (Fsp3) is 0.562. The Bertz CT molecular complexity index is 386. The zero-order valence-corrected chi connectivity index (χ0v) is 12.0. The number of carboxylic acids is 1. The molecular weight excluding hydrogens is 240 g/mol. The van der Waals surface area contributed by atoms with E-state index in [1.54, 1.807) is 0 Å². The summed E-state index contributed by atoms with van der Waals surface area (Å²) in [6.45, 7) is 5.56. The number of aliphatic carboxylic acids is 1. The van der Waals surface area contributed by atoms with E-state index in [9.17, 15) is 5.11 Å². The van der Waals surface area contributed by atoms with E-state index >= 15 is 0 Å². The van der Waals surface area contributed by atoms with Crippen LogP contribution in [0.1, 0.15) is 45.6 Å². The maximum atomic E-state index is 10.7. The van der Waals surface area contributed by atoms with Gasteiger partial charge in [0, 0.05) is 6.92 Å². The maximum Gasteiger partial charge on any atom is 0.300 e. The minimum atomic E-state index is -0.833. The molecule has 1 aliphatic carbocycles. The van der Waals surface area contributed by atoms with Gasteiger partial charge in [0.15, 0.2) is 0 Å². The van der Waals surface area contributed by atoms with Crippen molar-refractivity contribution >= 4 is 5.97 Å². The number of hydrogen-bond acceptors (Lipinski definition) is 2. The van der Waals surface area contributed by atoms with Crippen molar-refractivity contribution in [2.75, 3.05) is 0 Å². The van der Waals surface area contributed by atoms with Crippen LogP contribution in [-0.4, -0.2) is 16.2 Å². The first-order valence-electron chi connectivity index (χ1n) is 6.81. The minimum absolute atomic E-state index is 0.585. The smallest absolute Gasteiger partial charge is 0.300 e. The number of hydrogen-bond donors (Lipinski definition) is 2. The molecule has 3 nitrogen and oxygen atoms in total. The summed E-state index contributed by atoms with van der Waals surface area (Å²) in [5.41, 5.74) is 0.502. The second-order valence-electron chi connectivity index (χ2n) is 5.77. The molecule has 0 amide bonds. The summed E-state index contributed by atoms with van der Waals surface area (Å²) >= 11 is 0. The molecule has 3 heteroatoms. The van der Waals surface area contributed by atoms with E-state index in [1.807, 2.05) is 30.3 Å². The first-order chi connectivity index (χ1) is 8.83. The molecule has 1 aromatic carbocycles. The van der Waals surface area contributed by atoms with Crippen LogP contribution in [0.15, 0.2) is 30.3 Å². The van der Waals surface area contributed by atoms with Gasteiger partial charge < -0.3 is 10.2 Å². The molecular formula is C16H24O3. The quantitative estimate of drug-likeness (QED) is 0.817. The summed E-state index contributed by atoms with van der Waals surface area (Å²) in [5.74, 6) is 0.415. The molecule has 0 bridgehead atoms. The Labute approximate surface area is 115 Å². The van der Waals surface area contributed by atoms with Crippen molar-refractivity contribution in [3.8, 4) is 0 Å². The fourth-order valence-electron chi connectivity index (χ4n) is 3.07. The molecule has 2 N–H and O–H groups in total. The molecule has 0 aromatic heterocycles. The molecule has 2 atom stereocenters. The van der Waals surface area contributed by atoms with Crippen molar-refractivity contribution < 1.29 is 15.0 Å². The lowest BCUT2D eigenvalue weighted by Crippen LogP contribution is -2.35. The summed E-state index contributed by atoms with van der Waals surface area (Å²) in [4.78, 5) is 9.00. The highest BCUT2D eigenvalue weighted by Gasteiger charge is 2.37. The molecule has 0 radical (unpaired) electrons. The van der Waals surface area contributed by atoms with Gasteiger partial charge in [-0.1, -0.05) is 44.2 Å². The topological polar surface area (TPSA) is 57.5 Å². The van der Waals surface area contributed by atoms with E-state index in [0.29, 0.717) is 11.8 Å². The highest BCUT2D eigenvalue weighted by Crippen LogP contribution is 2.42. The summed E-state index contributed by atoms with van der Waals surface area (Å²) in [6.07, 6.45) is 3.05. The third kappa shape index (κ3) is 5.03. The predicted octanol–water partition coefficient (Wildman–Crippen LogP) is 3.42. The summed E-state index contributed by atoms with van der Waals surface area (Å²) in [6, 6.07) is 10.1. The normalized spacial score (nSPS) is 30.1. The first kappa shape index (κ1) is 15.7. The summed E-state index contributed by atoms with van der Waals surface area (Å²) in [7, 11) is 0. The molecule has 1 aliphatic rings. The molecule has 1 saturated carbocycles. The molecule has 2 unspecified atom stereocenters. The van der Waals surface area contributed by atoms with Crippen molar-refractivity contribution in [3.63, 3.8) is 0 Å². The minimum Gasteiger partial charge on any atom is -0.481 e. The number of carboxylic acid groups (broad SMARTS) is 1. The first-order valence-corrected chi connectivity index (χ1v) is 6.81. The van der Waals surface area contributed by atoms with Gasteiger partial charge in [0.1, 0.15) is 0 Å². The predicted molar refractivity (Wildman–Crippen MR) is 75.8 cm³/mol. The lowest BCUT2D eigenvalue weighted by atomic mass is 9.71. The lowest BCUT2D eigenvalue weighted by molar-refractivity contribution is -0.134. The number of carbonyl (C=O) groups is 1. The molecule has 0 spiro atoms. The largest absolute Gasteiger partial charge is 0.481 e. The van der Waals surface area contributed by atoms with Gasteiger partial charge in [-0.15, -0.1) is 0 Å². The SMILES string of the molecule is CC(=O)O.CC1CC(C)CC(O)(c2ccccc2)C1. The Balaban J connectivity index is 0.000000399. The molecule has 106 valence electrons. The van der Waals surface area contributed by atoms with Gasteiger partial charge in [-0.25, -0.2) is 0 Å². The Hall–Kier alpha value is -1.35. The van der Waals surface area contributed by atoms with Crippen LogP contribution in [0, 0.1) is 11.8 Å². The second kappa shape index (κ2) is 6.71. The molecule has 0 aliphatic heterocycles. The average Bonchev–Trinajstić information content (AvgIpc) is 2.27. The number of rotatable bonds is 1. The molecule has 0 heterocycles. The highest BCUT2D eigenvalue weighted by atomic mass is 16.4. The van der Waals surface area contributed by atoms with Crippen LogP contribution in [0.4, 0.5) is 0 Å². The highest BCUT2D eigenvalue weighted by molar-refractivity contribution is 5.62. The summed E-state index contributed by atoms with van der Waals surface area (Å²) < 4.78 is 0. The van der Waals surface area contributed by atoms with Crippen LogP contribution in [0.5, 0.6) is 0 Å². The number of benzene rings is 1. The standard InChI is InChI=1S/C14H20O.C2H4O2/c1-11-8-12(2)10-14(15,9-11)13-6-4-3-5-7-13;1-2(3)4/h3-7,11-12,15H,8-10H2,1-2H3;1H3,(H,3,4). The third-order valence-electron chi connectivity index (χ3n) is 3.49. The molecule has 1 fully saturated rings. The van der Waals surface area contributed by atoms with Gasteiger partial charge in [-0.05, 0) is 36.7 Å². The van der Waals surface area contributed by atoms with Crippen LogP contribution in [0.25, 0.3) is 0 Å². The Morgan fingerprint density at radius 3 is 2.00 bits per heavy atom. The molecule has 1 aromatic rings.